The van der Waals surface area contributed by atoms with Crippen LogP contribution in [0.3, 0.4) is 0 Å². The Morgan fingerprint density at radius 2 is 1.43 bits per heavy atom. The number of halogens is 1. The highest BCUT2D eigenvalue weighted by Gasteiger charge is 2.34. The third-order valence-corrected chi connectivity index (χ3v) is 9.18. The van der Waals surface area contributed by atoms with Crippen LogP contribution in [-0.2, 0) is 26.2 Å². The van der Waals surface area contributed by atoms with Crippen molar-refractivity contribution < 1.29 is 22.7 Å². The molecule has 0 aliphatic heterocycles. The number of carbonyl (C=O) groups excluding carboxylic acids is 2. The molecule has 0 heterocycles. The van der Waals surface area contributed by atoms with Crippen molar-refractivity contribution in [2.45, 2.75) is 64.1 Å². The second-order valence-electron chi connectivity index (χ2n) is 12.0. The number of nitrogens with one attached hydrogen (secondary N) is 1. The molecule has 1 N–H and O–H groups in total. The third kappa shape index (κ3) is 9.11. The summed E-state index contributed by atoms with van der Waals surface area (Å²) >= 11 is 6.11. The number of rotatable bonds is 12. The van der Waals surface area contributed by atoms with Gasteiger partial charge in [-0.15, -0.1) is 0 Å². The molecule has 1 unspecified atom stereocenters. The Kier molecular flexibility index (Phi) is 11.1. The van der Waals surface area contributed by atoms with Crippen LogP contribution < -0.4 is 14.4 Å². The first-order valence-electron chi connectivity index (χ1n) is 15.0. The molecule has 0 saturated heterocycles. The molecule has 8 nitrogen and oxygen atoms in total. The summed E-state index contributed by atoms with van der Waals surface area (Å²) in [6.07, 6.45) is 0.317. The fourth-order valence-corrected chi connectivity index (χ4v) is 6.37. The number of benzene rings is 4. The summed E-state index contributed by atoms with van der Waals surface area (Å²) in [6.45, 7) is 8.82. The van der Waals surface area contributed by atoms with E-state index in [1.165, 1.54) is 17.0 Å². The molecule has 242 valence electrons. The molecule has 0 aliphatic carbocycles. The molecule has 0 spiro atoms. The molecule has 4 aromatic rings. The summed E-state index contributed by atoms with van der Waals surface area (Å²) in [4.78, 5) is 29.3. The van der Waals surface area contributed by atoms with Crippen molar-refractivity contribution in [1.82, 2.24) is 10.2 Å². The highest BCUT2D eigenvalue weighted by molar-refractivity contribution is 7.92. The first-order valence-corrected chi connectivity index (χ1v) is 16.9. The molecule has 1 atom stereocenters. The Morgan fingerprint density at radius 3 is 2.00 bits per heavy atom. The Bertz CT molecular complexity index is 1720. The summed E-state index contributed by atoms with van der Waals surface area (Å²) < 4.78 is 35.3. The van der Waals surface area contributed by atoms with Crippen LogP contribution >= 0.6 is 11.6 Å². The van der Waals surface area contributed by atoms with Crippen molar-refractivity contribution in [2.24, 2.45) is 0 Å². The zero-order chi connectivity index (χ0) is 33.5. The van der Waals surface area contributed by atoms with Gasteiger partial charge in [-0.2, -0.15) is 0 Å². The second kappa shape index (κ2) is 14.8. The number of sulfonamides is 1. The van der Waals surface area contributed by atoms with E-state index in [1.807, 2.05) is 65.0 Å². The highest BCUT2D eigenvalue weighted by Crippen LogP contribution is 2.29. The Hall–Kier alpha value is -4.34. The average Bonchev–Trinajstić information content (AvgIpc) is 3.01. The lowest BCUT2D eigenvalue weighted by atomic mass is 10.1. The maximum Gasteiger partial charge on any atom is 0.264 e. The average molecular weight is 662 g/mol. The van der Waals surface area contributed by atoms with Crippen molar-refractivity contribution >= 4 is 39.1 Å². The van der Waals surface area contributed by atoms with Gasteiger partial charge < -0.3 is 15.0 Å². The lowest BCUT2D eigenvalue weighted by Crippen LogP contribution is -2.55. The number of hydrogen-bond donors (Lipinski definition) is 1. The molecule has 46 heavy (non-hydrogen) atoms. The van der Waals surface area contributed by atoms with Gasteiger partial charge in [0.25, 0.3) is 10.0 Å². The van der Waals surface area contributed by atoms with Crippen LogP contribution in [0.15, 0.2) is 108 Å². The van der Waals surface area contributed by atoms with Gasteiger partial charge in [0.05, 0.1) is 10.6 Å². The van der Waals surface area contributed by atoms with Gasteiger partial charge >= 0.3 is 0 Å². The Morgan fingerprint density at radius 1 is 0.848 bits per heavy atom. The number of nitrogens with zero attached hydrogens (tertiary/aromatic N) is 2. The standard InChI is InChI=1S/C36H40ClN3O5S/c1-6-33(35(42)38-36(3,4)5)39(24-27-14-16-28(37)17-15-27)34(41)25-40(46(43,44)32-22-12-26(2)13-23-32)29-18-20-31(21-19-29)45-30-10-8-7-9-11-30/h7-23,33H,6,24-25H2,1-5H3,(H,38,42). The molecule has 0 aliphatic rings. The topological polar surface area (TPSA) is 96.0 Å². The van der Waals surface area contributed by atoms with E-state index in [2.05, 4.69) is 5.32 Å². The molecule has 0 saturated carbocycles. The molecule has 2 amide bonds. The van der Waals surface area contributed by atoms with Gasteiger partial charge in [0.2, 0.25) is 11.8 Å². The molecular weight excluding hydrogens is 622 g/mol. The zero-order valence-electron chi connectivity index (χ0n) is 26.7. The minimum atomic E-state index is -4.20. The van der Waals surface area contributed by atoms with Gasteiger partial charge in [0.15, 0.2) is 0 Å². The van der Waals surface area contributed by atoms with E-state index in [0.717, 1.165) is 15.4 Å². The van der Waals surface area contributed by atoms with Gasteiger partial charge in [-0.25, -0.2) is 8.42 Å². The third-order valence-electron chi connectivity index (χ3n) is 7.14. The number of amides is 2. The largest absolute Gasteiger partial charge is 0.457 e. The minimum Gasteiger partial charge on any atom is -0.457 e. The van der Waals surface area contributed by atoms with E-state index in [1.54, 1.807) is 60.7 Å². The maximum atomic E-state index is 14.3. The molecule has 0 radical (unpaired) electrons. The van der Waals surface area contributed by atoms with Gasteiger partial charge in [-0.05, 0) is 100 Å². The smallest absolute Gasteiger partial charge is 0.264 e. The SMILES string of the molecule is CCC(C(=O)NC(C)(C)C)N(Cc1ccc(Cl)cc1)C(=O)CN(c1ccc(Oc2ccccc2)cc1)S(=O)(=O)c1ccc(C)cc1. The lowest BCUT2D eigenvalue weighted by Gasteiger charge is -2.34. The van der Waals surface area contributed by atoms with E-state index < -0.39 is 34.1 Å². The van der Waals surface area contributed by atoms with Crippen LogP contribution in [0.2, 0.25) is 5.02 Å². The zero-order valence-corrected chi connectivity index (χ0v) is 28.3. The maximum absolute atomic E-state index is 14.3. The predicted octanol–water partition coefficient (Wildman–Crippen LogP) is 7.36. The Labute approximate surface area is 277 Å². The van der Waals surface area contributed by atoms with Crippen molar-refractivity contribution in [3.05, 3.63) is 119 Å². The van der Waals surface area contributed by atoms with Gasteiger partial charge in [0.1, 0.15) is 24.1 Å². The first-order chi connectivity index (χ1) is 21.8. The van der Waals surface area contributed by atoms with Crippen LogP contribution in [0.1, 0.15) is 45.2 Å². The summed E-state index contributed by atoms with van der Waals surface area (Å²) in [7, 11) is -4.20. The molecule has 10 heteroatoms. The monoisotopic (exact) mass is 661 g/mol. The number of anilines is 1. The number of aryl methyl sites for hydroxylation is 1. The van der Waals surface area contributed by atoms with Crippen molar-refractivity contribution in [3.8, 4) is 11.5 Å². The fraction of sp³-hybridized carbons (Fsp3) is 0.278. The van der Waals surface area contributed by atoms with Crippen LogP contribution in [0.25, 0.3) is 0 Å². The van der Waals surface area contributed by atoms with Crippen LogP contribution in [0.4, 0.5) is 5.69 Å². The predicted molar refractivity (Wildman–Crippen MR) is 183 cm³/mol. The van der Waals surface area contributed by atoms with E-state index >= 15 is 0 Å². The molecule has 4 aromatic carbocycles. The number of hydrogen-bond acceptors (Lipinski definition) is 5. The fourth-order valence-electron chi connectivity index (χ4n) is 4.83. The summed E-state index contributed by atoms with van der Waals surface area (Å²) in [5.41, 5.74) is 1.38. The normalized spacial score (nSPS) is 12.2. The molecule has 4 rings (SSSR count). The molecule has 0 aromatic heterocycles. The van der Waals surface area contributed by atoms with E-state index in [-0.39, 0.29) is 23.0 Å². The minimum absolute atomic E-state index is 0.0391. The van der Waals surface area contributed by atoms with Crippen LogP contribution in [0.5, 0.6) is 11.5 Å². The van der Waals surface area contributed by atoms with Crippen LogP contribution in [0, 0.1) is 6.92 Å². The number of ether oxygens (including phenoxy) is 1. The number of carbonyl (C=O) groups is 2. The molecule has 0 fully saturated rings. The van der Waals surface area contributed by atoms with Crippen molar-refractivity contribution in [1.29, 1.82) is 0 Å². The molecule has 0 bridgehead atoms. The van der Waals surface area contributed by atoms with Gasteiger partial charge in [0, 0.05) is 17.1 Å². The van der Waals surface area contributed by atoms with E-state index in [4.69, 9.17) is 16.3 Å². The van der Waals surface area contributed by atoms with E-state index in [9.17, 15) is 18.0 Å². The highest BCUT2D eigenvalue weighted by atomic mass is 35.5. The Balaban J connectivity index is 1.73. The van der Waals surface area contributed by atoms with E-state index in [0.29, 0.717) is 22.9 Å². The number of para-hydroxylation sites is 1. The lowest BCUT2D eigenvalue weighted by molar-refractivity contribution is -0.141. The van der Waals surface area contributed by atoms with Gasteiger partial charge in [-0.3, -0.25) is 13.9 Å². The first kappa shape index (κ1) is 34.5. The second-order valence-corrected chi connectivity index (χ2v) is 14.3. The summed E-state index contributed by atoms with van der Waals surface area (Å²) in [6, 6.07) is 28.3. The quantitative estimate of drug-likeness (QED) is 0.171. The molecular formula is C36H40ClN3O5S. The van der Waals surface area contributed by atoms with Crippen molar-refractivity contribution in [3.63, 3.8) is 0 Å². The van der Waals surface area contributed by atoms with Gasteiger partial charge in [-0.1, -0.05) is 66.6 Å². The summed E-state index contributed by atoms with van der Waals surface area (Å²) in [5.74, 6) is 0.272. The van der Waals surface area contributed by atoms with Crippen LogP contribution in [-0.4, -0.2) is 43.3 Å². The summed E-state index contributed by atoms with van der Waals surface area (Å²) in [5, 5.41) is 3.51. The van der Waals surface area contributed by atoms with Crippen molar-refractivity contribution in [2.75, 3.05) is 10.8 Å².